The van der Waals surface area contributed by atoms with Crippen molar-refractivity contribution in [1.82, 2.24) is 10.8 Å². The van der Waals surface area contributed by atoms with E-state index in [1.807, 2.05) is 6.07 Å². The molecule has 0 fully saturated rings. The molecule has 0 heterocycles. The molecule has 0 atom stereocenters. The molecule has 2 aromatic carbocycles. The lowest BCUT2D eigenvalue weighted by atomic mass is 10.0. The van der Waals surface area contributed by atoms with Gasteiger partial charge in [0.2, 0.25) is 0 Å². The maximum atomic E-state index is 13.4. The lowest BCUT2D eigenvalue weighted by Crippen LogP contribution is -2.29. The fraction of sp³-hybridized carbons (Fsp3) is 0.227. The summed E-state index contributed by atoms with van der Waals surface area (Å²) < 4.78 is 13.4. The van der Waals surface area contributed by atoms with Gasteiger partial charge in [0.25, 0.3) is 5.91 Å². The number of aryl methyl sites for hydroxylation is 1. The van der Waals surface area contributed by atoms with Crippen LogP contribution in [0.3, 0.4) is 0 Å². The molecule has 0 bridgehead atoms. The second-order valence-corrected chi connectivity index (χ2v) is 6.31. The third-order valence-corrected chi connectivity index (χ3v) is 4.23. The number of hydroxylamine groups is 1. The minimum Gasteiger partial charge on any atom is -0.399 e. The monoisotopic (exact) mass is 428 g/mol. The highest BCUT2D eigenvalue weighted by Gasteiger charge is 2.18. The number of hydrogen-bond acceptors (Lipinski definition) is 7. The molecule has 0 aliphatic heterocycles. The van der Waals surface area contributed by atoms with E-state index in [9.17, 15) is 9.18 Å². The summed E-state index contributed by atoms with van der Waals surface area (Å²) in [5, 5.41) is 10.3. The number of amides is 1. The van der Waals surface area contributed by atoms with Crippen molar-refractivity contribution in [3.63, 3.8) is 0 Å². The molecule has 2 aromatic rings. The van der Waals surface area contributed by atoms with Crippen molar-refractivity contribution >= 4 is 17.3 Å². The Morgan fingerprint density at radius 1 is 1.06 bits per heavy atom. The third kappa shape index (κ3) is 6.13. The average Bonchev–Trinajstić information content (AvgIpc) is 2.76. The maximum absolute atomic E-state index is 13.4. The van der Waals surface area contributed by atoms with E-state index in [-0.39, 0.29) is 18.1 Å². The number of nitrogens with zero attached hydrogens (tertiary/aromatic N) is 2. The zero-order chi connectivity index (χ0) is 22.8. The van der Waals surface area contributed by atoms with Gasteiger partial charge >= 0.3 is 0 Å². The van der Waals surface area contributed by atoms with Gasteiger partial charge in [0.1, 0.15) is 32.4 Å². The first-order chi connectivity index (χ1) is 14.9. The summed E-state index contributed by atoms with van der Waals surface area (Å²) in [6.45, 7) is 5.76. The summed E-state index contributed by atoms with van der Waals surface area (Å²) >= 11 is 0. The van der Waals surface area contributed by atoms with Crippen molar-refractivity contribution in [2.24, 2.45) is 10.3 Å². The van der Waals surface area contributed by atoms with Crippen LogP contribution in [0.4, 0.5) is 4.39 Å². The summed E-state index contributed by atoms with van der Waals surface area (Å²) in [6.07, 6.45) is 0. The van der Waals surface area contributed by atoms with Gasteiger partial charge in [0, 0.05) is 18.2 Å². The molecule has 0 saturated heterocycles. The number of likely N-dealkylation sites (N-methyl/N-ethyl adjacent to an activating group) is 1. The van der Waals surface area contributed by atoms with Crippen LogP contribution in [-0.2, 0) is 25.9 Å². The van der Waals surface area contributed by atoms with Crippen LogP contribution in [0, 0.1) is 12.7 Å². The van der Waals surface area contributed by atoms with E-state index in [0.29, 0.717) is 33.7 Å². The number of rotatable bonds is 10. The van der Waals surface area contributed by atoms with Crippen LogP contribution in [0.2, 0.25) is 0 Å². The molecule has 0 aliphatic carbocycles. The normalized spacial score (nSPS) is 11.6. The number of carbonyl (C=O) groups is 1. The van der Waals surface area contributed by atoms with Crippen LogP contribution >= 0.6 is 0 Å². The molecule has 0 saturated carbocycles. The van der Waals surface area contributed by atoms with Gasteiger partial charge in [0.05, 0.1) is 5.70 Å². The van der Waals surface area contributed by atoms with Crippen molar-refractivity contribution in [2.45, 2.75) is 13.5 Å². The van der Waals surface area contributed by atoms with Crippen molar-refractivity contribution in [1.29, 1.82) is 0 Å². The molecule has 0 spiro atoms. The summed E-state index contributed by atoms with van der Waals surface area (Å²) in [4.78, 5) is 27.5. The van der Waals surface area contributed by atoms with Gasteiger partial charge in [-0.2, -0.15) is 0 Å². The summed E-state index contributed by atoms with van der Waals surface area (Å²) in [7, 11) is 4.27. The van der Waals surface area contributed by atoms with Gasteiger partial charge in [-0.1, -0.05) is 41.2 Å². The fourth-order valence-electron chi connectivity index (χ4n) is 2.80. The number of halogens is 1. The van der Waals surface area contributed by atoms with E-state index in [0.717, 1.165) is 0 Å². The third-order valence-electron chi connectivity index (χ3n) is 4.23. The Morgan fingerprint density at radius 3 is 2.39 bits per heavy atom. The quantitative estimate of drug-likeness (QED) is 0.448. The highest BCUT2D eigenvalue weighted by Crippen LogP contribution is 2.16. The predicted molar refractivity (Wildman–Crippen MR) is 116 cm³/mol. The van der Waals surface area contributed by atoms with E-state index in [4.69, 9.17) is 14.5 Å². The molecule has 31 heavy (non-hydrogen) atoms. The topological polar surface area (TPSA) is 93.5 Å². The van der Waals surface area contributed by atoms with E-state index in [1.54, 1.807) is 31.2 Å². The second kappa shape index (κ2) is 11.5. The molecule has 9 heteroatoms. The Balaban J connectivity index is 2.17. The standard InChI is InChI=1S/C22H25FN4O4/c1-14-12-17(23)10-11-18(14)20(26-29-4)15(2)25-31-13-16-8-6-7-9-19(16)21(27-30-5)22(28)24-3/h6-12,25H,2,13H2,1,3-5H3,(H,24,28). The van der Waals surface area contributed by atoms with Crippen LogP contribution in [0.1, 0.15) is 22.3 Å². The van der Waals surface area contributed by atoms with Crippen molar-refractivity contribution in [2.75, 3.05) is 21.3 Å². The number of benzene rings is 2. The van der Waals surface area contributed by atoms with E-state index in [2.05, 4.69) is 27.7 Å². The van der Waals surface area contributed by atoms with Crippen LogP contribution in [-0.4, -0.2) is 38.6 Å². The Labute approximate surface area is 180 Å². The number of allylic oxidation sites excluding steroid dienone is 1. The van der Waals surface area contributed by atoms with Gasteiger partial charge in [-0.25, -0.2) is 4.39 Å². The summed E-state index contributed by atoms with van der Waals surface area (Å²) in [5.41, 5.74) is 6.05. The Bertz CT molecular complexity index is 1000. The molecular weight excluding hydrogens is 403 g/mol. The van der Waals surface area contributed by atoms with E-state index in [1.165, 1.54) is 33.4 Å². The summed E-state index contributed by atoms with van der Waals surface area (Å²) in [6, 6.07) is 11.4. The first-order valence-corrected chi connectivity index (χ1v) is 9.29. The molecule has 2 N–H and O–H groups in total. The number of carbonyl (C=O) groups excluding carboxylic acids is 1. The first-order valence-electron chi connectivity index (χ1n) is 9.29. The largest absolute Gasteiger partial charge is 0.399 e. The zero-order valence-corrected chi connectivity index (χ0v) is 17.9. The first kappa shape index (κ1) is 23.6. The number of oxime groups is 2. The summed E-state index contributed by atoms with van der Waals surface area (Å²) in [5.74, 6) is -0.748. The van der Waals surface area contributed by atoms with Crippen LogP contribution in [0.25, 0.3) is 0 Å². The highest BCUT2D eigenvalue weighted by atomic mass is 19.1. The smallest absolute Gasteiger partial charge is 0.273 e. The molecule has 0 aromatic heterocycles. The Kier molecular flexibility index (Phi) is 8.71. The van der Waals surface area contributed by atoms with E-state index < -0.39 is 5.91 Å². The minimum absolute atomic E-state index is 0.0809. The van der Waals surface area contributed by atoms with Gasteiger partial charge in [-0.05, 0) is 36.2 Å². The Morgan fingerprint density at radius 2 is 1.74 bits per heavy atom. The highest BCUT2D eigenvalue weighted by molar-refractivity contribution is 6.45. The molecule has 1 amide bonds. The minimum atomic E-state index is -0.395. The molecule has 0 aliphatic rings. The molecule has 0 unspecified atom stereocenters. The van der Waals surface area contributed by atoms with Crippen molar-refractivity contribution in [3.05, 3.63) is 82.8 Å². The molecule has 0 radical (unpaired) electrons. The lowest BCUT2D eigenvalue weighted by Gasteiger charge is -2.15. The van der Waals surface area contributed by atoms with E-state index >= 15 is 0 Å². The second-order valence-electron chi connectivity index (χ2n) is 6.31. The van der Waals surface area contributed by atoms with Gasteiger partial charge < -0.3 is 15.0 Å². The predicted octanol–water partition coefficient (Wildman–Crippen LogP) is 2.82. The maximum Gasteiger partial charge on any atom is 0.273 e. The fourth-order valence-corrected chi connectivity index (χ4v) is 2.80. The zero-order valence-electron chi connectivity index (χ0n) is 17.9. The van der Waals surface area contributed by atoms with Crippen molar-refractivity contribution in [3.8, 4) is 0 Å². The number of hydrogen-bond donors (Lipinski definition) is 2. The molecular formula is C22H25FN4O4. The van der Waals surface area contributed by atoms with Gasteiger partial charge in [-0.15, -0.1) is 0 Å². The number of nitrogens with one attached hydrogen (secondary N) is 2. The molecule has 164 valence electrons. The average molecular weight is 428 g/mol. The molecule has 8 nitrogen and oxygen atoms in total. The van der Waals surface area contributed by atoms with Crippen LogP contribution in [0.5, 0.6) is 0 Å². The van der Waals surface area contributed by atoms with Gasteiger partial charge in [-0.3, -0.25) is 15.1 Å². The SMILES string of the molecule is C=C(NOCc1ccccc1C(=NOC)C(=O)NC)C(=NOC)c1ccc(F)cc1C. The van der Waals surface area contributed by atoms with Gasteiger partial charge in [0.15, 0.2) is 5.71 Å². The molecule has 2 rings (SSSR count). The van der Waals surface area contributed by atoms with Crippen LogP contribution in [0.15, 0.2) is 65.1 Å². The Hall–Kier alpha value is -3.72. The lowest BCUT2D eigenvalue weighted by molar-refractivity contribution is -0.114. The van der Waals surface area contributed by atoms with Crippen molar-refractivity contribution < 1.29 is 23.7 Å². The van der Waals surface area contributed by atoms with Crippen LogP contribution < -0.4 is 10.8 Å².